The fourth-order valence-corrected chi connectivity index (χ4v) is 5.16. The van der Waals surface area contributed by atoms with Gasteiger partial charge in [-0.25, -0.2) is 12.7 Å². The average molecular weight is 470 g/mol. The van der Waals surface area contributed by atoms with Crippen molar-refractivity contribution in [2.24, 2.45) is 0 Å². The molecule has 1 N–H and O–H groups in total. The number of hydrogen-bond donors (Lipinski definition) is 1. The largest absolute Gasteiger partial charge is 0.325 e. The molecule has 0 radical (unpaired) electrons. The number of aromatic nitrogens is 3. The Labute approximate surface area is 190 Å². The molecule has 1 amide bonds. The number of para-hydroxylation sites is 1. The Bertz CT molecular complexity index is 1380. The van der Waals surface area contributed by atoms with E-state index in [1.54, 1.807) is 12.1 Å². The van der Waals surface area contributed by atoms with Gasteiger partial charge in [-0.05, 0) is 54.3 Å². The van der Waals surface area contributed by atoms with Gasteiger partial charge in [-0.2, -0.15) is 0 Å². The van der Waals surface area contributed by atoms with Gasteiger partial charge < -0.3 is 5.32 Å². The number of amides is 1. The van der Waals surface area contributed by atoms with Gasteiger partial charge in [-0.3, -0.25) is 9.20 Å². The molecule has 4 rings (SSSR count). The molecule has 166 valence electrons. The van der Waals surface area contributed by atoms with Crippen molar-refractivity contribution in [3.8, 4) is 0 Å². The van der Waals surface area contributed by atoms with Crippen molar-refractivity contribution in [3.05, 3.63) is 60.7 Å². The fourth-order valence-electron chi connectivity index (χ4n) is 3.28. The summed E-state index contributed by atoms with van der Waals surface area (Å²) in [5, 5.41) is 12.7. The quantitative estimate of drug-likeness (QED) is 0.415. The highest BCUT2D eigenvalue weighted by Gasteiger charge is 2.22. The molecule has 32 heavy (non-hydrogen) atoms. The molecule has 1 unspecified atom stereocenters. The Kier molecular flexibility index (Phi) is 6.18. The molecule has 0 saturated heterocycles. The minimum atomic E-state index is -3.52. The second kappa shape index (κ2) is 8.89. The number of anilines is 1. The lowest BCUT2D eigenvalue weighted by atomic mass is 10.2. The predicted molar refractivity (Wildman–Crippen MR) is 126 cm³/mol. The summed E-state index contributed by atoms with van der Waals surface area (Å²) in [6, 6.07) is 18.0. The van der Waals surface area contributed by atoms with E-state index < -0.39 is 15.3 Å². The molecule has 2 heterocycles. The summed E-state index contributed by atoms with van der Waals surface area (Å²) in [6.07, 6.45) is 0.587. The maximum atomic E-state index is 12.9. The second-order valence-electron chi connectivity index (χ2n) is 7.38. The lowest BCUT2D eigenvalue weighted by Crippen LogP contribution is -2.25. The molecular formula is C22H23N5O3S2. The summed E-state index contributed by atoms with van der Waals surface area (Å²) < 4.78 is 27.5. The highest BCUT2D eigenvalue weighted by Crippen LogP contribution is 2.28. The van der Waals surface area contributed by atoms with E-state index in [9.17, 15) is 13.2 Å². The Morgan fingerprint density at radius 1 is 1.06 bits per heavy atom. The summed E-state index contributed by atoms with van der Waals surface area (Å²) in [5.74, 6) is -0.183. The molecule has 2 aromatic heterocycles. The van der Waals surface area contributed by atoms with Gasteiger partial charge >= 0.3 is 0 Å². The minimum Gasteiger partial charge on any atom is -0.325 e. The molecule has 0 aliphatic carbocycles. The van der Waals surface area contributed by atoms with Gasteiger partial charge in [0.15, 0.2) is 10.8 Å². The van der Waals surface area contributed by atoms with Crippen LogP contribution in [0.5, 0.6) is 0 Å². The maximum absolute atomic E-state index is 12.9. The molecule has 4 aromatic rings. The van der Waals surface area contributed by atoms with Crippen LogP contribution in [0, 0.1) is 0 Å². The number of carbonyl (C=O) groups is 1. The summed E-state index contributed by atoms with van der Waals surface area (Å²) >= 11 is 1.35. The summed E-state index contributed by atoms with van der Waals surface area (Å²) in [7, 11) is -0.562. The van der Waals surface area contributed by atoms with Gasteiger partial charge in [-0.1, -0.05) is 36.9 Å². The molecule has 0 aliphatic rings. The number of nitrogens with zero attached hydrogens (tertiary/aromatic N) is 4. The Balaban J connectivity index is 1.55. The molecule has 0 fully saturated rings. The number of benzene rings is 2. The van der Waals surface area contributed by atoms with Crippen molar-refractivity contribution in [3.63, 3.8) is 0 Å². The van der Waals surface area contributed by atoms with E-state index in [1.165, 1.54) is 38.0 Å². The maximum Gasteiger partial charge on any atom is 0.242 e. The zero-order chi connectivity index (χ0) is 22.9. The van der Waals surface area contributed by atoms with Gasteiger partial charge in [0.2, 0.25) is 15.9 Å². The zero-order valence-corrected chi connectivity index (χ0v) is 19.5. The van der Waals surface area contributed by atoms with Crippen LogP contribution >= 0.6 is 11.8 Å². The van der Waals surface area contributed by atoms with E-state index in [0.717, 1.165) is 20.9 Å². The third-order valence-electron chi connectivity index (χ3n) is 5.06. The van der Waals surface area contributed by atoms with Gasteiger partial charge in [0.25, 0.3) is 0 Å². The number of sulfonamides is 1. The number of fused-ring (bicyclic) bond motifs is 3. The van der Waals surface area contributed by atoms with Crippen molar-refractivity contribution in [1.82, 2.24) is 18.9 Å². The predicted octanol–water partition coefficient (Wildman–Crippen LogP) is 3.64. The van der Waals surface area contributed by atoms with Gasteiger partial charge in [0, 0.05) is 19.8 Å². The first-order valence-electron chi connectivity index (χ1n) is 10.0. The van der Waals surface area contributed by atoms with Crippen molar-refractivity contribution >= 4 is 49.9 Å². The lowest BCUT2D eigenvalue weighted by molar-refractivity contribution is -0.115. The van der Waals surface area contributed by atoms with Crippen molar-refractivity contribution < 1.29 is 13.2 Å². The topological polar surface area (TPSA) is 96.7 Å². The third kappa shape index (κ3) is 4.21. The molecule has 0 spiro atoms. The SMILES string of the molecule is CCC(Sc1nnc2ccc3ccccc3n12)C(=O)Nc1ccc(S(=O)(=O)N(C)C)cc1. The van der Waals surface area contributed by atoms with E-state index in [-0.39, 0.29) is 10.8 Å². The Morgan fingerprint density at radius 2 is 1.78 bits per heavy atom. The van der Waals surface area contributed by atoms with Crippen molar-refractivity contribution in [1.29, 1.82) is 0 Å². The second-order valence-corrected chi connectivity index (χ2v) is 10.7. The molecular weight excluding hydrogens is 446 g/mol. The van der Waals surface area contributed by atoms with Gasteiger partial charge in [0.05, 0.1) is 15.7 Å². The Morgan fingerprint density at radius 3 is 2.47 bits per heavy atom. The number of rotatable bonds is 7. The van der Waals surface area contributed by atoms with Crippen LogP contribution in [0.2, 0.25) is 0 Å². The molecule has 8 nitrogen and oxygen atoms in total. The number of hydrogen-bond acceptors (Lipinski definition) is 6. The molecule has 0 saturated carbocycles. The first-order chi connectivity index (χ1) is 15.3. The van der Waals surface area contributed by atoms with E-state index >= 15 is 0 Å². The molecule has 1 atom stereocenters. The molecule has 10 heteroatoms. The van der Waals surface area contributed by atoms with E-state index in [0.29, 0.717) is 17.3 Å². The Hall–Kier alpha value is -2.95. The first kappa shape index (κ1) is 22.3. The van der Waals surface area contributed by atoms with Crippen LogP contribution in [-0.2, 0) is 14.8 Å². The van der Waals surface area contributed by atoms with E-state index in [1.807, 2.05) is 47.7 Å². The molecule has 0 bridgehead atoms. The highest BCUT2D eigenvalue weighted by atomic mass is 32.2. The lowest BCUT2D eigenvalue weighted by Gasteiger charge is -2.15. The minimum absolute atomic E-state index is 0.170. The normalized spacial score (nSPS) is 13.0. The molecule has 2 aromatic carbocycles. The summed E-state index contributed by atoms with van der Waals surface area (Å²) in [4.78, 5) is 13.1. The van der Waals surface area contributed by atoms with Crippen molar-refractivity contribution in [2.75, 3.05) is 19.4 Å². The van der Waals surface area contributed by atoms with Crippen LogP contribution in [0.4, 0.5) is 5.69 Å². The number of nitrogens with one attached hydrogen (secondary N) is 1. The van der Waals surface area contributed by atoms with Gasteiger partial charge in [0.1, 0.15) is 0 Å². The van der Waals surface area contributed by atoms with Crippen LogP contribution in [0.1, 0.15) is 13.3 Å². The third-order valence-corrected chi connectivity index (χ3v) is 8.20. The van der Waals surface area contributed by atoms with Crippen molar-refractivity contribution in [2.45, 2.75) is 28.6 Å². The van der Waals surface area contributed by atoms with Crippen LogP contribution in [-0.4, -0.2) is 52.6 Å². The standard InChI is InChI=1S/C22H23N5O3S2/c1-4-19(21(28)23-16-10-12-17(13-11-16)32(29,30)26(2)3)31-22-25-24-20-14-9-15-7-5-6-8-18(15)27(20)22/h5-14,19H,4H2,1-3H3,(H,23,28). The number of pyridine rings is 1. The smallest absolute Gasteiger partial charge is 0.242 e. The highest BCUT2D eigenvalue weighted by molar-refractivity contribution is 8.00. The van der Waals surface area contributed by atoms with Crippen LogP contribution in [0.15, 0.2) is 70.7 Å². The number of thioether (sulfide) groups is 1. The molecule has 0 aliphatic heterocycles. The monoisotopic (exact) mass is 469 g/mol. The van der Waals surface area contributed by atoms with E-state index in [2.05, 4.69) is 15.5 Å². The summed E-state index contributed by atoms with van der Waals surface area (Å²) in [6.45, 7) is 1.94. The fraction of sp³-hybridized carbons (Fsp3) is 0.227. The van der Waals surface area contributed by atoms with Gasteiger partial charge in [-0.15, -0.1) is 10.2 Å². The average Bonchev–Trinajstić information content (AvgIpc) is 3.21. The first-order valence-corrected chi connectivity index (χ1v) is 12.4. The zero-order valence-electron chi connectivity index (χ0n) is 17.9. The summed E-state index contributed by atoms with van der Waals surface area (Å²) in [5.41, 5.74) is 2.23. The number of carbonyl (C=O) groups excluding carboxylic acids is 1. The van der Waals surface area contributed by atoms with Crippen LogP contribution in [0.3, 0.4) is 0 Å². The van der Waals surface area contributed by atoms with Crippen LogP contribution in [0.25, 0.3) is 16.6 Å². The van der Waals surface area contributed by atoms with Crippen LogP contribution < -0.4 is 5.32 Å². The van der Waals surface area contributed by atoms with E-state index in [4.69, 9.17) is 0 Å².